The number of allylic oxidation sites excluding steroid dienone is 1. The summed E-state index contributed by atoms with van der Waals surface area (Å²) in [7, 11) is 0. The summed E-state index contributed by atoms with van der Waals surface area (Å²) in [6, 6.07) is 18.9. The van der Waals surface area contributed by atoms with E-state index >= 15 is 0 Å². The summed E-state index contributed by atoms with van der Waals surface area (Å²) in [5, 5.41) is 19.2. The van der Waals surface area contributed by atoms with Crippen molar-refractivity contribution in [1.29, 1.82) is 0 Å². The molecule has 0 aliphatic carbocycles. The molecule has 0 aromatic heterocycles. The van der Waals surface area contributed by atoms with Gasteiger partial charge in [0.1, 0.15) is 17.2 Å². The van der Waals surface area contributed by atoms with Gasteiger partial charge in [-0.15, -0.1) is 0 Å². The van der Waals surface area contributed by atoms with Gasteiger partial charge in [-0.05, 0) is 66.6 Å². The van der Waals surface area contributed by atoms with Gasteiger partial charge in [-0.3, -0.25) is 9.79 Å². The van der Waals surface area contributed by atoms with E-state index in [1.54, 1.807) is 42.5 Å². The molecule has 5 heteroatoms. The number of hydrogen-bond acceptors (Lipinski definition) is 5. The van der Waals surface area contributed by atoms with Crippen LogP contribution < -0.4 is 4.74 Å². The van der Waals surface area contributed by atoms with Gasteiger partial charge in [0.25, 0.3) is 0 Å². The Morgan fingerprint density at radius 1 is 0.912 bits per heavy atom. The van der Waals surface area contributed by atoms with Crippen molar-refractivity contribution in [1.82, 2.24) is 0 Å². The quantitative estimate of drug-likeness (QED) is 0.132. The minimum Gasteiger partial charge on any atom is -0.508 e. The van der Waals surface area contributed by atoms with Crippen molar-refractivity contribution in [3.8, 4) is 17.2 Å². The SMILES string of the molecule is CCCCCCCOc1ccc(/C=C/C(=O)c2ccc(N=Cc3ccc(O)cc3O)cc2)cc1. The number of carbonyl (C=O) groups excluding carboxylic acids is 1. The number of unbranched alkanes of at least 4 members (excludes halogenated alkanes) is 4. The molecule has 0 atom stereocenters. The van der Waals surface area contributed by atoms with E-state index in [1.807, 2.05) is 24.3 Å². The Kier molecular flexibility index (Phi) is 9.47. The van der Waals surface area contributed by atoms with E-state index < -0.39 is 0 Å². The number of benzene rings is 3. The van der Waals surface area contributed by atoms with Crippen LogP contribution in [0, 0.1) is 0 Å². The molecule has 176 valence electrons. The molecule has 0 bridgehead atoms. The summed E-state index contributed by atoms with van der Waals surface area (Å²) in [4.78, 5) is 16.8. The van der Waals surface area contributed by atoms with Gasteiger partial charge in [-0.2, -0.15) is 0 Å². The van der Waals surface area contributed by atoms with Crippen molar-refractivity contribution in [3.63, 3.8) is 0 Å². The lowest BCUT2D eigenvalue weighted by Crippen LogP contribution is -1.97. The largest absolute Gasteiger partial charge is 0.508 e. The summed E-state index contributed by atoms with van der Waals surface area (Å²) in [6.45, 7) is 2.94. The van der Waals surface area contributed by atoms with Crippen LogP contribution in [0.15, 0.2) is 77.8 Å². The van der Waals surface area contributed by atoms with Crippen molar-refractivity contribution in [2.24, 2.45) is 4.99 Å². The van der Waals surface area contributed by atoms with Crippen LogP contribution in [0.1, 0.15) is 60.5 Å². The molecular weight excluding hydrogens is 426 g/mol. The van der Waals surface area contributed by atoms with E-state index in [0.717, 1.165) is 24.3 Å². The zero-order chi connectivity index (χ0) is 24.2. The highest BCUT2D eigenvalue weighted by atomic mass is 16.5. The molecular formula is C29H31NO4. The molecule has 2 N–H and O–H groups in total. The Morgan fingerprint density at radius 3 is 2.35 bits per heavy atom. The van der Waals surface area contributed by atoms with Gasteiger partial charge >= 0.3 is 0 Å². The van der Waals surface area contributed by atoms with Crippen LogP contribution in [0.3, 0.4) is 0 Å². The Hall–Kier alpha value is -3.86. The number of rotatable bonds is 12. The number of phenols is 2. The molecule has 0 saturated carbocycles. The van der Waals surface area contributed by atoms with Crippen LogP contribution >= 0.6 is 0 Å². The van der Waals surface area contributed by atoms with Gasteiger partial charge < -0.3 is 14.9 Å². The maximum atomic E-state index is 12.5. The van der Waals surface area contributed by atoms with Gasteiger partial charge in [-0.25, -0.2) is 0 Å². The fourth-order valence-corrected chi connectivity index (χ4v) is 3.34. The lowest BCUT2D eigenvalue weighted by molar-refractivity contribution is 0.104. The topological polar surface area (TPSA) is 79.1 Å². The van der Waals surface area contributed by atoms with Crippen LogP contribution in [0.5, 0.6) is 17.2 Å². The fraction of sp³-hybridized carbons (Fsp3) is 0.241. The predicted molar refractivity (Wildman–Crippen MR) is 138 cm³/mol. The molecule has 3 aromatic carbocycles. The van der Waals surface area contributed by atoms with Crippen LogP contribution in [0.25, 0.3) is 6.08 Å². The molecule has 5 nitrogen and oxygen atoms in total. The smallest absolute Gasteiger partial charge is 0.185 e. The number of phenolic OH excluding ortho intramolecular Hbond substituents is 2. The second-order valence-corrected chi connectivity index (χ2v) is 8.08. The Morgan fingerprint density at radius 2 is 1.65 bits per heavy atom. The molecule has 0 aliphatic rings. The van der Waals surface area contributed by atoms with Crippen molar-refractivity contribution in [3.05, 3.63) is 89.5 Å². The van der Waals surface area contributed by atoms with Crippen LogP contribution in [-0.4, -0.2) is 28.8 Å². The monoisotopic (exact) mass is 457 g/mol. The second kappa shape index (κ2) is 13.0. The molecule has 0 saturated heterocycles. The first-order valence-corrected chi connectivity index (χ1v) is 11.7. The second-order valence-electron chi connectivity index (χ2n) is 8.08. The van der Waals surface area contributed by atoms with Crippen LogP contribution in [0.2, 0.25) is 0 Å². The Balaban J connectivity index is 1.50. The minimum atomic E-state index is -0.0980. The number of aliphatic imine (C=N–C) groups is 1. The van der Waals surface area contributed by atoms with E-state index in [9.17, 15) is 15.0 Å². The van der Waals surface area contributed by atoms with Crippen LogP contribution in [-0.2, 0) is 0 Å². The number of hydrogen-bond donors (Lipinski definition) is 2. The normalized spacial score (nSPS) is 11.3. The fourth-order valence-electron chi connectivity index (χ4n) is 3.34. The summed E-state index contributed by atoms with van der Waals surface area (Å²) < 4.78 is 5.78. The van der Waals surface area contributed by atoms with Crippen molar-refractivity contribution < 1.29 is 19.7 Å². The number of nitrogens with zero attached hydrogens (tertiary/aromatic N) is 1. The zero-order valence-corrected chi connectivity index (χ0v) is 19.5. The van der Waals surface area contributed by atoms with E-state index in [4.69, 9.17) is 4.74 Å². The average Bonchev–Trinajstić information content (AvgIpc) is 2.85. The molecule has 0 radical (unpaired) electrons. The van der Waals surface area contributed by atoms with Gasteiger partial charge in [-0.1, -0.05) is 50.8 Å². The summed E-state index contributed by atoms with van der Waals surface area (Å²) in [6.07, 6.45) is 10.9. The molecule has 3 rings (SSSR count). The third-order valence-corrected chi connectivity index (χ3v) is 5.34. The molecule has 34 heavy (non-hydrogen) atoms. The van der Waals surface area contributed by atoms with E-state index in [0.29, 0.717) is 16.8 Å². The molecule has 0 aliphatic heterocycles. The minimum absolute atomic E-state index is 0.0111. The third kappa shape index (κ3) is 7.93. The highest BCUT2D eigenvalue weighted by molar-refractivity contribution is 6.07. The highest BCUT2D eigenvalue weighted by Gasteiger charge is 2.03. The summed E-state index contributed by atoms with van der Waals surface area (Å²) in [5.41, 5.74) is 2.63. The van der Waals surface area contributed by atoms with Gasteiger partial charge in [0.15, 0.2) is 5.78 Å². The standard InChI is InChI=1S/C29H31NO4/c1-2-3-4-5-6-19-34-27-16-7-22(8-17-27)9-18-28(32)23-10-13-25(14-11-23)30-21-24-12-15-26(31)20-29(24)33/h7-18,20-21,31,33H,2-6,19H2,1H3/b18-9+,30-21?. The highest BCUT2D eigenvalue weighted by Crippen LogP contribution is 2.22. The van der Waals surface area contributed by atoms with Crippen molar-refractivity contribution in [2.75, 3.05) is 6.61 Å². The van der Waals surface area contributed by atoms with Gasteiger partial charge in [0.05, 0.1) is 12.3 Å². The van der Waals surface area contributed by atoms with Crippen molar-refractivity contribution in [2.45, 2.75) is 39.0 Å². The Labute approximate surface area is 201 Å². The maximum absolute atomic E-state index is 12.5. The number of ketones is 1. The first-order chi connectivity index (χ1) is 16.5. The number of ether oxygens (including phenoxy) is 1. The van der Waals surface area contributed by atoms with Crippen molar-refractivity contribution >= 4 is 23.8 Å². The van der Waals surface area contributed by atoms with Gasteiger partial charge in [0.2, 0.25) is 0 Å². The summed E-state index contributed by atoms with van der Waals surface area (Å²) in [5.74, 6) is 0.681. The van der Waals surface area contributed by atoms with Gasteiger partial charge in [0, 0.05) is 23.4 Å². The lowest BCUT2D eigenvalue weighted by atomic mass is 10.1. The number of aromatic hydroxyl groups is 2. The Bertz CT molecular complexity index is 1120. The van der Waals surface area contributed by atoms with E-state index in [-0.39, 0.29) is 17.3 Å². The molecule has 3 aromatic rings. The summed E-state index contributed by atoms with van der Waals surface area (Å²) >= 11 is 0. The predicted octanol–water partition coefficient (Wildman–Crippen LogP) is 7.09. The molecule has 0 spiro atoms. The lowest BCUT2D eigenvalue weighted by Gasteiger charge is -2.06. The van der Waals surface area contributed by atoms with E-state index in [1.165, 1.54) is 44.0 Å². The maximum Gasteiger partial charge on any atom is 0.185 e. The molecule has 0 amide bonds. The first kappa shape index (κ1) is 24.8. The zero-order valence-electron chi connectivity index (χ0n) is 19.5. The number of carbonyl (C=O) groups is 1. The molecule has 0 heterocycles. The van der Waals surface area contributed by atoms with Crippen LogP contribution in [0.4, 0.5) is 5.69 Å². The third-order valence-electron chi connectivity index (χ3n) is 5.34. The van der Waals surface area contributed by atoms with E-state index in [2.05, 4.69) is 11.9 Å². The molecule has 0 fully saturated rings. The first-order valence-electron chi connectivity index (χ1n) is 11.7. The average molecular weight is 458 g/mol. The molecule has 0 unspecified atom stereocenters.